The number of amidine groups is 1. The zero-order valence-corrected chi connectivity index (χ0v) is 18.6. The van der Waals surface area contributed by atoms with E-state index in [1.807, 2.05) is 24.4 Å². The number of benzene rings is 1. The predicted octanol–water partition coefficient (Wildman–Crippen LogP) is 4.54. The van der Waals surface area contributed by atoms with Crippen molar-refractivity contribution in [1.29, 1.82) is 0 Å². The summed E-state index contributed by atoms with van der Waals surface area (Å²) in [6.45, 7) is 5.35. The van der Waals surface area contributed by atoms with Gasteiger partial charge in [0, 0.05) is 36.0 Å². The number of ether oxygens (including phenoxy) is 3. The van der Waals surface area contributed by atoms with Crippen LogP contribution in [0.3, 0.4) is 0 Å². The highest BCUT2D eigenvalue weighted by atomic mass is 35.5. The average Bonchev–Trinajstić information content (AvgIpc) is 3.15. The molecule has 3 aliphatic rings. The molecule has 4 atom stereocenters. The molecule has 31 heavy (non-hydrogen) atoms. The molecule has 1 aromatic heterocycles. The fourth-order valence-electron chi connectivity index (χ4n) is 5.21. The minimum Gasteiger partial charge on any atom is -0.490 e. The van der Waals surface area contributed by atoms with Gasteiger partial charge in [-0.25, -0.2) is 4.99 Å². The zero-order valence-electron chi connectivity index (χ0n) is 17.9. The zero-order chi connectivity index (χ0) is 21.6. The number of hydrogen-bond donors (Lipinski definition) is 1. The third-order valence-corrected chi connectivity index (χ3v) is 6.89. The lowest BCUT2D eigenvalue weighted by Gasteiger charge is -2.48. The standard InChI is InChI=1S/C24H28ClN3O3/c1-14(2)29-12-15-3-5-21-19(7-15)24(13-30-23(26)28-24)20-9-16(4-6-22(20)31-21)17-8-18(25)11-27-10-17/h4,6,8-11,14-15,19,21H,3,5,7,12-13H2,1-2H3,(H2,26,28)/t15?,19?,21-,24?/m0/s1. The molecule has 3 heterocycles. The Morgan fingerprint density at radius 2 is 2.10 bits per heavy atom. The minimum atomic E-state index is -0.541. The first kappa shape index (κ1) is 20.6. The Morgan fingerprint density at radius 1 is 1.23 bits per heavy atom. The summed E-state index contributed by atoms with van der Waals surface area (Å²) in [7, 11) is 0. The highest BCUT2D eigenvalue weighted by Crippen LogP contribution is 2.53. The second-order valence-electron chi connectivity index (χ2n) is 9.09. The van der Waals surface area contributed by atoms with Crippen molar-refractivity contribution in [3.05, 3.63) is 47.2 Å². The highest BCUT2D eigenvalue weighted by Gasteiger charge is 2.55. The first-order chi connectivity index (χ1) is 14.9. The highest BCUT2D eigenvalue weighted by molar-refractivity contribution is 6.30. The molecule has 0 radical (unpaired) electrons. The fourth-order valence-corrected chi connectivity index (χ4v) is 5.38. The van der Waals surface area contributed by atoms with Gasteiger partial charge in [-0.1, -0.05) is 17.7 Å². The summed E-state index contributed by atoms with van der Waals surface area (Å²) in [6, 6.07) is 8.38. The summed E-state index contributed by atoms with van der Waals surface area (Å²) in [5.74, 6) is 1.52. The molecule has 0 amide bonds. The molecule has 6 nitrogen and oxygen atoms in total. The van der Waals surface area contributed by atoms with Gasteiger partial charge in [0.15, 0.2) is 0 Å². The molecule has 3 unspecified atom stereocenters. The van der Waals surface area contributed by atoms with E-state index in [9.17, 15) is 0 Å². The van der Waals surface area contributed by atoms with Crippen LogP contribution < -0.4 is 10.5 Å². The third-order valence-electron chi connectivity index (χ3n) is 6.69. The normalized spacial score (nSPS) is 29.2. The molecule has 1 fully saturated rings. The van der Waals surface area contributed by atoms with Crippen molar-refractivity contribution in [2.75, 3.05) is 13.2 Å². The Hall–Kier alpha value is -2.31. The van der Waals surface area contributed by atoms with Crippen molar-refractivity contribution < 1.29 is 14.2 Å². The molecular formula is C24H28ClN3O3. The van der Waals surface area contributed by atoms with Crippen LogP contribution in [-0.2, 0) is 15.0 Å². The topological polar surface area (TPSA) is 79.0 Å². The number of rotatable bonds is 4. The van der Waals surface area contributed by atoms with Gasteiger partial charge >= 0.3 is 0 Å². The number of hydrogen-bond acceptors (Lipinski definition) is 6. The fraction of sp³-hybridized carbons (Fsp3) is 0.500. The average molecular weight is 442 g/mol. The summed E-state index contributed by atoms with van der Waals surface area (Å²) in [6.07, 6.45) is 6.82. The van der Waals surface area contributed by atoms with Crippen LogP contribution in [0, 0.1) is 11.8 Å². The van der Waals surface area contributed by atoms with Crippen molar-refractivity contribution >= 4 is 17.6 Å². The molecule has 1 aliphatic carbocycles. The Labute approximate surface area is 187 Å². The Morgan fingerprint density at radius 3 is 2.84 bits per heavy atom. The molecule has 1 spiro atoms. The van der Waals surface area contributed by atoms with E-state index in [1.54, 1.807) is 6.20 Å². The summed E-state index contributed by atoms with van der Waals surface area (Å²) < 4.78 is 18.2. The summed E-state index contributed by atoms with van der Waals surface area (Å²) in [5, 5.41) is 0.605. The number of aliphatic imine (C=N–C) groups is 1. The van der Waals surface area contributed by atoms with Gasteiger partial charge in [-0.05, 0) is 62.8 Å². The molecular weight excluding hydrogens is 414 g/mol. The van der Waals surface area contributed by atoms with E-state index in [1.165, 1.54) is 0 Å². The van der Waals surface area contributed by atoms with Crippen molar-refractivity contribution in [2.24, 2.45) is 22.6 Å². The van der Waals surface area contributed by atoms with Crippen LogP contribution in [-0.4, -0.2) is 36.4 Å². The molecule has 0 saturated heterocycles. The number of pyridine rings is 1. The molecule has 2 N–H and O–H groups in total. The maximum Gasteiger partial charge on any atom is 0.283 e. The largest absolute Gasteiger partial charge is 0.490 e. The number of aromatic nitrogens is 1. The monoisotopic (exact) mass is 441 g/mol. The van der Waals surface area contributed by atoms with E-state index in [0.717, 1.165) is 48.3 Å². The maximum absolute atomic E-state index is 6.50. The second kappa shape index (κ2) is 7.99. The lowest BCUT2D eigenvalue weighted by Crippen LogP contribution is -2.51. The van der Waals surface area contributed by atoms with Gasteiger partial charge in [-0.3, -0.25) is 4.98 Å². The molecule has 5 rings (SSSR count). The Kier molecular flexibility index (Phi) is 5.30. The van der Waals surface area contributed by atoms with Crippen LogP contribution in [0.15, 0.2) is 41.7 Å². The third kappa shape index (κ3) is 3.76. The lowest BCUT2D eigenvalue weighted by atomic mass is 9.65. The minimum absolute atomic E-state index is 0.0970. The van der Waals surface area contributed by atoms with E-state index >= 15 is 0 Å². The molecule has 2 aromatic rings. The van der Waals surface area contributed by atoms with E-state index in [2.05, 4.69) is 24.9 Å². The summed E-state index contributed by atoms with van der Waals surface area (Å²) in [4.78, 5) is 9.13. The van der Waals surface area contributed by atoms with Crippen LogP contribution >= 0.6 is 11.6 Å². The van der Waals surface area contributed by atoms with Crippen molar-refractivity contribution in [1.82, 2.24) is 4.98 Å². The predicted molar refractivity (Wildman–Crippen MR) is 120 cm³/mol. The van der Waals surface area contributed by atoms with E-state index in [-0.39, 0.29) is 24.1 Å². The van der Waals surface area contributed by atoms with Crippen LogP contribution in [0.2, 0.25) is 5.02 Å². The van der Waals surface area contributed by atoms with E-state index < -0.39 is 5.54 Å². The van der Waals surface area contributed by atoms with Crippen molar-refractivity contribution in [3.8, 4) is 16.9 Å². The summed E-state index contributed by atoms with van der Waals surface area (Å²) in [5.41, 5.74) is 8.51. The SMILES string of the molecule is CC(C)OCC1CC[C@@H]2Oc3ccc(-c4cncc(Cl)c4)cc3C3(COC(N)=N3)C2C1. The first-order valence-electron chi connectivity index (χ1n) is 11.0. The van der Waals surface area contributed by atoms with E-state index in [4.69, 9.17) is 36.5 Å². The lowest BCUT2D eigenvalue weighted by molar-refractivity contribution is -0.0351. The van der Waals surface area contributed by atoms with Crippen LogP contribution in [0.1, 0.15) is 38.7 Å². The molecule has 7 heteroatoms. The van der Waals surface area contributed by atoms with Crippen LogP contribution in [0.5, 0.6) is 5.75 Å². The Bertz CT molecular complexity index is 1010. The van der Waals surface area contributed by atoms with Gasteiger partial charge in [0.25, 0.3) is 6.02 Å². The van der Waals surface area contributed by atoms with Gasteiger partial charge in [-0.2, -0.15) is 0 Å². The number of fused-ring (bicyclic) bond motifs is 4. The molecule has 0 bridgehead atoms. The summed E-state index contributed by atoms with van der Waals surface area (Å²) >= 11 is 6.18. The van der Waals surface area contributed by atoms with Crippen molar-refractivity contribution in [2.45, 2.75) is 50.9 Å². The van der Waals surface area contributed by atoms with Gasteiger partial charge in [0.1, 0.15) is 24.0 Å². The smallest absolute Gasteiger partial charge is 0.283 e. The number of nitrogens with two attached hydrogens (primary N) is 1. The van der Waals surface area contributed by atoms with Gasteiger partial charge < -0.3 is 19.9 Å². The van der Waals surface area contributed by atoms with Gasteiger partial charge in [-0.15, -0.1) is 0 Å². The van der Waals surface area contributed by atoms with E-state index in [0.29, 0.717) is 17.5 Å². The van der Waals surface area contributed by atoms with Gasteiger partial charge in [0.05, 0.1) is 11.1 Å². The first-order valence-corrected chi connectivity index (χ1v) is 11.3. The quantitative estimate of drug-likeness (QED) is 0.753. The number of nitrogens with zero attached hydrogens (tertiary/aromatic N) is 2. The number of halogens is 1. The van der Waals surface area contributed by atoms with Crippen molar-refractivity contribution in [3.63, 3.8) is 0 Å². The molecule has 1 saturated carbocycles. The molecule has 164 valence electrons. The van der Waals surface area contributed by atoms with Gasteiger partial charge in [0.2, 0.25) is 0 Å². The second-order valence-corrected chi connectivity index (χ2v) is 9.53. The van der Waals surface area contributed by atoms with Crippen LogP contribution in [0.25, 0.3) is 11.1 Å². The molecule has 2 aliphatic heterocycles. The van der Waals surface area contributed by atoms with Crippen LogP contribution in [0.4, 0.5) is 0 Å². The molecule has 1 aromatic carbocycles. The maximum atomic E-state index is 6.50. The Balaban J connectivity index is 1.54.